The summed E-state index contributed by atoms with van der Waals surface area (Å²) in [5.74, 6) is -0.986. The number of nitrogens with one attached hydrogen (secondary N) is 2. The van der Waals surface area contributed by atoms with Gasteiger partial charge in [0.1, 0.15) is 5.78 Å². The molecular weight excluding hydrogens is 671 g/mol. The first-order valence-corrected chi connectivity index (χ1v) is 13.4. The van der Waals surface area contributed by atoms with E-state index in [1.54, 1.807) is 45.2 Å². The number of allylic oxidation sites excluding steroid dienone is 2. The molecule has 12 heteroatoms. The van der Waals surface area contributed by atoms with Crippen molar-refractivity contribution >= 4 is 35.0 Å². The molecule has 0 saturated heterocycles. The summed E-state index contributed by atoms with van der Waals surface area (Å²) in [7, 11) is 1.74. The third-order valence-corrected chi connectivity index (χ3v) is 5.94. The van der Waals surface area contributed by atoms with E-state index in [0.717, 1.165) is 30.5 Å². The van der Waals surface area contributed by atoms with Crippen molar-refractivity contribution in [2.24, 2.45) is 5.92 Å². The van der Waals surface area contributed by atoms with Crippen molar-refractivity contribution in [3.8, 4) is 0 Å². The summed E-state index contributed by atoms with van der Waals surface area (Å²) in [4.78, 5) is 58.9. The Balaban J connectivity index is 0. The second kappa shape index (κ2) is 26.5. The number of hydrogen-bond acceptors (Lipinski definition) is 7. The summed E-state index contributed by atoms with van der Waals surface area (Å²) >= 11 is 0. The Labute approximate surface area is 342 Å². The average Bonchev–Trinajstić information content (AvgIpc) is 2.88. The maximum atomic E-state index is 12.0. The van der Waals surface area contributed by atoms with Crippen LogP contribution in [0.25, 0.3) is 10.6 Å². The number of rotatable bonds is 20. The van der Waals surface area contributed by atoms with Gasteiger partial charge in [-0.05, 0) is 38.7 Å². The smallest absolute Gasteiger partial charge is 0.651 e. The zero-order chi connectivity index (χ0) is 29.0. The predicted molar refractivity (Wildman–Crippen MR) is 151 cm³/mol. The molecule has 0 bridgehead atoms. The molecule has 0 radical (unpaired) electrons. The van der Waals surface area contributed by atoms with Crippen molar-refractivity contribution in [1.82, 2.24) is 10.6 Å². The molecule has 0 saturated carbocycles. The Kier molecular flexibility index (Phi) is 27.9. The third-order valence-electron chi connectivity index (χ3n) is 5.94. The van der Waals surface area contributed by atoms with Crippen LogP contribution in [0, 0.1) is 5.92 Å². The molecular formula is C29H42N4O6Rb2. The molecule has 0 aromatic heterocycles. The molecule has 1 unspecified atom stereocenters. The summed E-state index contributed by atoms with van der Waals surface area (Å²) in [6.07, 6.45) is 4.82. The fourth-order valence-electron chi connectivity index (χ4n) is 3.39. The number of hydrogen-bond donors (Lipinski definition) is 2. The largest absolute Gasteiger partial charge is 1.00 e. The van der Waals surface area contributed by atoms with Crippen molar-refractivity contribution < 1.29 is 145 Å². The van der Waals surface area contributed by atoms with Crippen LogP contribution in [0.5, 0.6) is 0 Å². The van der Waals surface area contributed by atoms with Crippen molar-refractivity contribution in [3.05, 3.63) is 52.2 Å². The summed E-state index contributed by atoms with van der Waals surface area (Å²) in [6, 6.07) is 6.70. The van der Waals surface area contributed by atoms with Gasteiger partial charge in [0, 0.05) is 63.8 Å². The van der Waals surface area contributed by atoms with Gasteiger partial charge in [-0.25, -0.2) is 0 Å². The van der Waals surface area contributed by atoms with E-state index in [0.29, 0.717) is 31.7 Å². The maximum Gasteiger partial charge on any atom is 1.00 e. The van der Waals surface area contributed by atoms with Gasteiger partial charge in [0.25, 0.3) is 0 Å². The Hall–Kier alpha value is 0.0804. The molecule has 1 rings (SSSR count). The molecule has 0 fully saturated rings. The van der Waals surface area contributed by atoms with Gasteiger partial charge in [0.15, 0.2) is 5.78 Å². The molecule has 216 valence electrons. The molecule has 0 heterocycles. The predicted octanol–water partition coefficient (Wildman–Crippen LogP) is -1.94. The molecule has 0 aliphatic heterocycles. The number of amides is 3. The van der Waals surface area contributed by atoms with Gasteiger partial charge in [0.2, 0.25) is 5.91 Å². The number of unbranched alkanes of at least 4 members (excludes halogenated alkanes) is 1. The van der Waals surface area contributed by atoms with E-state index in [4.69, 9.17) is 4.74 Å². The molecule has 0 aliphatic rings. The summed E-state index contributed by atoms with van der Waals surface area (Å²) in [6.45, 7) is 6.63. The van der Waals surface area contributed by atoms with Crippen molar-refractivity contribution in [1.29, 1.82) is 0 Å². The van der Waals surface area contributed by atoms with E-state index in [1.807, 2.05) is 6.92 Å². The van der Waals surface area contributed by atoms with Crippen molar-refractivity contribution in [2.45, 2.75) is 65.7 Å². The number of ether oxygens (including phenoxy) is 1. The van der Waals surface area contributed by atoms with Crippen LogP contribution in [0.2, 0.25) is 0 Å². The number of carbonyl (C=O) groups excluding carboxylic acids is 5. The van der Waals surface area contributed by atoms with Crippen LogP contribution in [0.1, 0.15) is 64.9 Å². The van der Waals surface area contributed by atoms with Crippen LogP contribution in [0.4, 0.5) is 5.69 Å². The fourth-order valence-corrected chi connectivity index (χ4v) is 3.39. The summed E-state index contributed by atoms with van der Waals surface area (Å²) in [5.41, 5.74) is 1.98. The number of carbonyl (C=O) groups is 5. The number of ketones is 2. The van der Waals surface area contributed by atoms with Crippen LogP contribution in [0.3, 0.4) is 0 Å². The average molecular weight is 714 g/mol. The van der Waals surface area contributed by atoms with E-state index in [-0.39, 0.29) is 159 Å². The monoisotopic (exact) mass is 712 g/mol. The van der Waals surface area contributed by atoms with E-state index in [2.05, 4.69) is 21.3 Å². The molecule has 3 amide bonds. The van der Waals surface area contributed by atoms with Crippen LogP contribution < -0.4 is 127 Å². The Morgan fingerprint density at radius 1 is 0.951 bits per heavy atom. The van der Waals surface area contributed by atoms with Gasteiger partial charge in [-0.3, -0.25) is 14.4 Å². The minimum atomic E-state index is -0.597. The van der Waals surface area contributed by atoms with Gasteiger partial charge < -0.3 is 35.6 Å². The number of nitrogens with zero attached hydrogens (tertiary/aromatic N) is 2. The standard InChI is InChI=1S/C29H44N4O6.2Rb/c1-21(23(3)34)8-5-6-14-31-27(36)9-7-16-39-17-15-32-28(37)20-29(38)33-25-12-10-24(11-13-25)19-26(35)18-22(2)30-4;;/h10-13,18,21H,5-9,14-17,19-20H2,1-4H3,(H4,30,31,32,33,35,36,37,38);;/q;2*+1/p-2. The Morgan fingerprint density at radius 3 is 2.27 bits per heavy atom. The molecule has 1 aromatic rings. The topological polar surface area (TPSA) is 147 Å². The second-order valence-corrected chi connectivity index (χ2v) is 9.42. The SMILES string of the molecule is CN/C(C)=C\C(=O)Cc1ccc([N-]C(=O)CC(=O)[N-]CCOCCCC(=O)NCCCCC(C)C(C)=O)cc1.[Rb+].[Rb+]. The van der Waals surface area contributed by atoms with Crippen molar-refractivity contribution in [3.63, 3.8) is 0 Å². The van der Waals surface area contributed by atoms with Crippen LogP contribution in [-0.4, -0.2) is 62.6 Å². The second-order valence-electron chi connectivity index (χ2n) is 9.42. The molecule has 0 aliphatic carbocycles. The zero-order valence-electron chi connectivity index (χ0n) is 25.6. The fraction of sp³-hybridized carbons (Fsp3) is 0.552. The summed E-state index contributed by atoms with van der Waals surface area (Å²) < 4.78 is 5.40. The molecule has 41 heavy (non-hydrogen) atoms. The molecule has 2 N–H and O–H groups in total. The molecule has 10 nitrogen and oxygen atoms in total. The van der Waals surface area contributed by atoms with Gasteiger partial charge in [-0.15, -0.1) is 12.2 Å². The quantitative estimate of drug-likeness (QED) is 0.0909. The van der Waals surface area contributed by atoms with Crippen LogP contribution in [-0.2, 0) is 35.1 Å². The van der Waals surface area contributed by atoms with Gasteiger partial charge in [-0.1, -0.05) is 37.6 Å². The minimum Gasteiger partial charge on any atom is -0.651 e. The molecule has 1 atom stereocenters. The first kappa shape index (κ1) is 43.2. The normalized spacial score (nSPS) is 11.3. The number of benzene rings is 1. The van der Waals surface area contributed by atoms with E-state index < -0.39 is 18.2 Å². The van der Waals surface area contributed by atoms with Crippen LogP contribution in [0.15, 0.2) is 36.0 Å². The summed E-state index contributed by atoms with van der Waals surface area (Å²) in [5, 5.41) is 13.5. The minimum absolute atomic E-state index is 0. The first-order valence-electron chi connectivity index (χ1n) is 13.4. The van der Waals surface area contributed by atoms with Gasteiger partial charge in [0.05, 0.1) is 11.8 Å². The maximum absolute atomic E-state index is 12.0. The third kappa shape index (κ3) is 23.2. The molecule has 1 aromatic carbocycles. The first-order chi connectivity index (χ1) is 18.6. The van der Waals surface area contributed by atoms with E-state index in [9.17, 15) is 24.0 Å². The van der Waals surface area contributed by atoms with Crippen molar-refractivity contribution in [2.75, 3.05) is 33.4 Å². The van der Waals surface area contributed by atoms with Gasteiger partial charge in [-0.2, -0.15) is 0 Å². The van der Waals surface area contributed by atoms with E-state index >= 15 is 0 Å². The molecule has 0 spiro atoms. The van der Waals surface area contributed by atoms with E-state index in [1.165, 1.54) is 6.08 Å². The van der Waals surface area contributed by atoms with Gasteiger partial charge >= 0.3 is 116 Å². The van der Waals surface area contributed by atoms with Crippen LogP contribution >= 0.6 is 0 Å². The Bertz CT molecular complexity index is 986. The number of Topliss-reactive ketones (excluding diaryl/α,β-unsaturated/α-hetero) is 1. The Morgan fingerprint density at radius 2 is 1.63 bits per heavy atom. The zero-order valence-corrected chi connectivity index (χ0v) is 35.4.